The summed E-state index contributed by atoms with van der Waals surface area (Å²) in [6, 6.07) is 0.0774. The first kappa shape index (κ1) is 16.0. The maximum absolute atomic E-state index is 12.4. The molecule has 1 aliphatic heterocycles. The molecule has 118 valence electrons. The van der Waals surface area contributed by atoms with Gasteiger partial charge in [-0.3, -0.25) is 9.69 Å². The van der Waals surface area contributed by atoms with Gasteiger partial charge in [-0.2, -0.15) is 4.37 Å². The van der Waals surface area contributed by atoms with Gasteiger partial charge in [-0.25, -0.2) is 0 Å². The van der Waals surface area contributed by atoms with Crippen molar-refractivity contribution in [2.75, 3.05) is 37.3 Å². The van der Waals surface area contributed by atoms with Crippen LogP contribution in [0.4, 0.5) is 10.8 Å². The highest BCUT2D eigenvalue weighted by molar-refractivity contribution is 7.11. The van der Waals surface area contributed by atoms with E-state index in [2.05, 4.69) is 40.4 Å². The number of anilines is 2. The molecule has 1 fully saturated rings. The smallest absolute Gasteiger partial charge is 0.258 e. The topological polar surface area (TPSA) is 74.5 Å². The van der Waals surface area contributed by atoms with Gasteiger partial charge in [-0.1, -0.05) is 0 Å². The van der Waals surface area contributed by atoms with E-state index in [0.29, 0.717) is 11.4 Å². The van der Waals surface area contributed by atoms with Crippen molar-refractivity contribution in [2.45, 2.75) is 39.3 Å². The predicted octanol–water partition coefficient (Wildman–Crippen LogP) is 1.39. The van der Waals surface area contributed by atoms with Gasteiger partial charge in [0.2, 0.25) is 0 Å². The van der Waals surface area contributed by atoms with Crippen LogP contribution in [0.2, 0.25) is 0 Å². The van der Waals surface area contributed by atoms with E-state index in [1.807, 2.05) is 13.8 Å². The molecule has 1 aromatic heterocycles. The number of hydrogen-bond acceptors (Lipinski definition) is 6. The third-order valence-electron chi connectivity index (χ3n) is 3.95. The number of piperazine rings is 1. The lowest BCUT2D eigenvalue weighted by Crippen LogP contribution is -2.57. The molecule has 0 aliphatic carbocycles. The average Bonchev–Trinajstić information content (AvgIpc) is 2.73. The number of amides is 1. The Labute approximate surface area is 130 Å². The highest BCUT2D eigenvalue weighted by atomic mass is 32.1. The minimum Gasteiger partial charge on any atom is -0.382 e. The molecular weight excluding hydrogens is 286 g/mol. The largest absolute Gasteiger partial charge is 0.382 e. The van der Waals surface area contributed by atoms with Crippen molar-refractivity contribution in [2.24, 2.45) is 0 Å². The van der Waals surface area contributed by atoms with E-state index in [9.17, 15) is 4.79 Å². The molecule has 1 aliphatic rings. The first-order chi connectivity index (χ1) is 9.72. The van der Waals surface area contributed by atoms with Crippen LogP contribution in [-0.2, 0) is 0 Å². The number of nitrogens with one attached hydrogen (secondary N) is 1. The van der Waals surface area contributed by atoms with Gasteiger partial charge in [0.25, 0.3) is 5.91 Å². The molecule has 0 bridgehead atoms. The molecule has 1 saturated heterocycles. The summed E-state index contributed by atoms with van der Waals surface area (Å²) < 4.78 is 4.19. The van der Waals surface area contributed by atoms with Crippen molar-refractivity contribution in [3.05, 3.63) is 5.56 Å². The van der Waals surface area contributed by atoms with E-state index in [1.54, 1.807) is 0 Å². The van der Waals surface area contributed by atoms with E-state index in [0.717, 1.165) is 24.6 Å². The van der Waals surface area contributed by atoms with Crippen LogP contribution in [0.1, 0.15) is 38.1 Å². The van der Waals surface area contributed by atoms with Crippen molar-refractivity contribution in [1.82, 2.24) is 14.6 Å². The van der Waals surface area contributed by atoms with Crippen LogP contribution >= 0.6 is 11.5 Å². The van der Waals surface area contributed by atoms with Crippen molar-refractivity contribution in [3.8, 4) is 0 Å². The molecule has 0 saturated carbocycles. The molecule has 21 heavy (non-hydrogen) atoms. The number of hydrogen-bond donors (Lipinski definition) is 2. The maximum Gasteiger partial charge on any atom is 0.258 e. The molecule has 2 rings (SSSR count). The Morgan fingerprint density at radius 1 is 1.43 bits per heavy atom. The monoisotopic (exact) mass is 311 g/mol. The Morgan fingerprint density at radius 3 is 2.67 bits per heavy atom. The zero-order valence-electron chi connectivity index (χ0n) is 13.4. The summed E-state index contributed by atoms with van der Waals surface area (Å²) in [5.74, 6) is 0.188. The number of nitrogens with zero attached hydrogens (tertiary/aromatic N) is 3. The second-order valence-electron chi connectivity index (χ2n) is 6.53. The van der Waals surface area contributed by atoms with Gasteiger partial charge >= 0.3 is 0 Å². The lowest BCUT2D eigenvalue weighted by atomic mass is 10.00. The Bertz CT molecular complexity index is 525. The predicted molar refractivity (Wildman–Crippen MR) is 88.1 cm³/mol. The number of rotatable bonds is 3. The molecule has 7 heteroatoms. The summed E-state index contributed by atoms with van der Waals surface area (Å²) in [7, 11) is 2.13. The Morgan fingerprint density at radius 2 is 2.10 bits per heavy atom. The molecule has 1 aromatic rings. The summed E-state index contributed by atoms with van der Waals surface area (Å²) in [6.07, 6.45) is 0. The molecule has 2 heterocycles. The standard InChI is InChI=1S/C14H25N5OS/c1-9(2)16-12(20)10-11(15)17-21-13(10)19-7-6-18(5)14(3,4)8-19/h9H,6-8H2,1-5H3,(H2,15,17)(H,16,20). The zero-order chi connectivity index (χ0) is 15.8. The number of carbonyl (C=O) groups is 1. The van der Waals surface area contributed by atoms with E-state index < -0.39 is 0 Å². The molecule has 1 amide bonds. The van der Waals surface area contributed by atoms with Crippen LogP contribution in [0.3, 0.4) is 0 Å². The number of likely N-dealkylation sites (N-methyl/N-ethyl adjacent to an activating group) is 1. The summed E-state index contributed by atoms with van der Waals surface area (Å²) in [5, 5.41) is 3.79. The van der Waals surface area contributed by atoms with E-state index >= 15 is 0 Å². The number of nitrogen functional groups attached to an aromatic ring is 1. The van der Waals surface area contributed by atoms with Gasteiger partial charge < -0.3 is 16.0 Å². The van der Waals surface area contributed by atoms with Gasteiger partial charge in [-0.05, 0) is 46.3 Å². The summed E-state index contributed by atoms with van der Waals surface area (Å²) in [6.45, 7) is 11.0. The Kier molecular flexibility index (Phi) is 4.43. The lowest BCUT2D eigenvalue weighted by molar-refractivity contribution is 0.0943. The summed E-state index contributed by atoms with van der Waals surface area (Å²) >= 11 is 1.31. The van der Waals surface area contributed by atoms with Gasteiger partial charge in [0, 0.05) is 31.2 Å². The average molecular weight is 311 g/mol. The van der Waals surface area contributed by atoms with Gasteiger partial charge in [0.15, 0.2) is 5.82 Å². The number of nitrogens with two attached hydrogens (primary N) is 1. The van der Waals surface area contributed by atoms with Gasteiger partial charge in [0.1, 0.15) is 10.6 Å². The molecule has 0 radical (unpaired) electrons. The molecule has 3 N–H and O–H groups in total. The second-order valence-corrected chi connectivity index (χ2v) is 7.28. The summed E-state index contributed by atoms with van der Waals surface area (Å²) in [4.78, 5) is 16.9. The molecular formula is C14H25N5OS. The Balaban J connectivity index is 2.27. The minimum atomic E-state index is -0.136. The minimum absolute atomic E-state index is 0.0583. The van der Waals surface area contributed by atoms with Crippen molar-refractivity contribution in [1.29, 1.82) is 0 Å². The maximum atomic E-state index is 12.4. The zero-order valence-corrected chi connectivity index (χ0v) is 14.3. The Hall–Kier alpha value is -1.34. The first-order valence-corrected chi connectivity index (χ1v) is 8.02. The van der Waals surface area contributed by atoms with Crippen LogP contribution in [-0.4, -0.2) is 53.4 Å². The highest BCUT2D eigenvalue weighted by Crippen LogP contribution is 2.33. The normalized spacial score (nSPS) is 19.0. The fourth-order valence-corrected chi connectivity index (χ4v) is 3.31. The quantitative estimate of drug-likeness (QED) is 0.882. The van der Waals surface area contributed by atoms with Crippen LogP contribution in [0.5, 0.6) is 0 Å². The fourth-order valence-electron chi connectivity index (χ4n) is 2.47. The van der Waals surface area contributed by atoms with Crippen LogP contribution < -0.4 is 16.0 Å². The summed E-state index contributed by atoms with van der Waals surface area (Å²) in [5.41, 5.74) is 6.50. The van der Waals surface area contributed by atoms with Crippen molar-refractivity contribution < 1.29 is 4.79 Å². The van der Waals surface area contributed by atoms with Gasteiger partial charge in [0.05, 0.1) is 0 Å². The van der Waals surface area contributed by atoms with Gasteiger partial charge in [-0.15, -0.1) is 0 Å². The molecule has 0 unspecified atom stereocenters. The fraction of sp³-hybridized carbons (Fsp3) is 0.714. The third kappa shape index (κ3) is 3.29. The molecule has 0 aromatic carbocycles. The molecule has 6 nitrogen and oxygen atoms in total. The second kappa shape index (κ2) is 5.81. The number of aromatic nitrogens is 1. The van der Waals surface area contributed by atoms with E-state index in [4.69, 9.17) is 5.73 Å². The third-order valence-corrected chi connectivity index (χ3v) is 4.87. The SMILES string of the molecule is CC(C)NC(=O)c1c(N)nsc1N1CCN(C)C(C)(C)C1. The van der Waals surface area contributed by atoms with Crippen molar-refractivity contribution in [3.63, 3.8) is 0 Å². The molecule has 0 atom stereocenters. The van der Waals surface area contributed by atoms with Crippen LogP contribution in [0.25, 0.3) is 0 Å². The molecule has 0 spiro atoms. The van der Waals surface area contributed by atoms with Crippen molar-refractivity contribution >= 4 is 28.3 Å². The van der Waals surface area contributed by atoms with Crippen LogP contribution in [0, 0.1) is 0 Å². The first-order valence-electron chi connectivity index (χ1n) is 7.24. The number of carbonyl (C=O) groups excluding carboxylic acids is 1. The highest BCUT2D eigenvalue weighted by Gasteiger charge is 2.34. The van der Waals surface area contributed by atoms with E-state index in [-0.39, 0.29) is 17.5 Å². The lowest BCUT2D eigenvalue weighted by Gasteiger charge is -2.45. The van der Waals surface area contributed by atoms with E-state index in [1.165, 1.54) is 11.5 Å². The van der Waals surface area contributed by atoms with Crippen LogP contribution in [0.15, 0.2) is 0 Å².